The van der Waals surface area contributed by atoms with Crippen molar-refractivity contribution in [3.63, 3.8) is 0 Å². The van der Waals surface area contributed by atoms with Gasteiger partial charge in [-0.1, -0.05) is 47.2 Å². The normalized spacial score (nSPS) is 10.6. The molecule has 1 amide bonds. The molecule has 2 aromatic carbocycles. The summed E-state index contributed by atoms with van der Waals surface area (Å²) in [6, 6.07) is 16.0. The lowest BCUT2D eigenvalue weighted by Crippen LogP contribution is -2.24. The Morgan fingerprint density at radius 3 is 2.50 bits per heavy atom. The largest absolute Gasteiger partial charge is 0.347 e. The first-order chi connectivity index (χ1) is 11.5. The Labute approximate surface area is 141 Å². The molecule has 0 radical (unpaired) electrons. The van der Waals surface area contributed by atoms with Gasteiger partial charge >= 0.3 is 0 Å². The van der Waals surface area contributed by atoms with Gasteiger partial charge in [0.2, 0.25) is 0 Å². The average Bonchev–Trinajstić information content (AvgIpc) is 2.96. The van der Waals surface area contributed by atoms with Gasteiger partial charge in [-0.15, -0.1) is 5.10 Å². The van der Waals surface area contributed by atoms with Crippen molar-refractivity contribution < 1.29 is 4.79 Å². The zero-order valence-corrected chi connectivity index (χ0v) is 14.1. The maximum atomic E-state index is 12.4. The molecule has 0 saturated heterocycles. The number of amides is 1. The second-order valence-electron chi connectivity index (χ2n) is 5.94. The fraction of sp³-hybridized carbons (Fsp3) is 0.211. The third kappa shape index (κ3) is 3.35. The van der Waals surface area contributed by atoms with Crippen LogP contribution in [-0.4, -0.2) is 20.9 Å². The highest BCUT2D eigenvalue weighted by Crippen LogP contribution is 2.13. The van der Waals surface area contributed by atoms with Gasteiger partial charge in [0.05, 0.1) is 11.4 Å². The van der Waals surface area contributed by atoms with Crippen LogP contribution in [0.25, 0.3) is 5.69 Å². The van der Waals surface area contributed by atoms with Crippen molar-refractivity contribution in [1.29, 1.82) is 0 Å². The number of rotatable bonds is 4. The molecule has 24 heavy (non-hydrogen) atoms. The predicted octanol–water partition coefficient (Wildman–Crippen LogP) is 3.12. The van der Waals surface area contributed by atoms with Crippen molar-refractivity contribution in [2.75, 3.05) is 0 Å². The molecule has 0 aliphatic heterocycles. The Balaban J connectivity index is 1.75. The number of nitrogens with zero attached hydrogens (tertiary/aromatic N) is 3. The molecule has 0 saturated carbocycles. The van der Waals surface area contributed by atoms with Crippen LogP contribution in [-0.2, 0) is 6.54 Å². The highest BCUT2D eigenvalue weighted by molar-refractivity contribution is 5.93. The molecule has 3 aromatic rings. The van der Waals surface area contributed by atoms with Crippen LogP contribution in [0, 0.1) is 20.8 Å². The Kier molecular flexibility index (Phi) is 4.42. The lowest BCUT2D eigenvalue weighted by atomic mass is 10.1. The quantitative estimate of drug-likeness (QED) is 0.803. The lowest BCUT2D eigenvalue weighted by molar-refractivity contribution is 0.0945. The van der Waals surface area contributed by atoms with E-state index >= 15 is 0 Å². The molecule has 0 unspecified atom stereocenters. The van der Waals surface area contributed by atoms with Gasteiger partial charge in [-0.3, -0.25) is 4.79 Å². The smallest absolute Gasteiger partial charge is 0.274 e. The fourth-order valence-electron chi connectivity index (χ4n) is 2.52. The van der Waals surface area contributed by atoms with Gasteiger partial charge in [0.15, 0.2) is 5.69 Å². The molecule has 0 fully saturated rings. The summed E-state index contributed by atoms with van der Waals surface area (Å²) in [5, 5.41) is 11.1. The van der Waals surface area contributed by atoms with E-state index in [1.54, 1.807) is 4.68 Å². The minimum atomic E-state index is -0.216. The molecule has 0 atom stereocenters. The average molecular weight is 320 g/mol. The predicted molar refractivity (Wildman–Crippen MR) is 93.2 cm³/mol. The van der Waals surface area contributed by atoms with Crippen molar-refractivity contribution in [3.8, 4) is 5.69 Å². The van der Waals surface area contributed by atoms with E-state index in [-0.39, 0.29) is 5.91 Å². The number of benzene rings is 2. The molecule has 5 nitrogen and oxygen atoms in total. The molecule has 3 rings (SSSR count). The molecule has 0 aliphatic carbocycles. The number of carbonyl (C=O) groups excluding carboxylic acids is 1. The third-order valence-corrected chi connectivity index (χ3v) is 3.93. The van der Waals surface area contributed by atoms with Crippen molar-refractivity contribution in [2.24, 2.45) is 0 Å². The summed E-state index contributed by atoms with van der Waals surface area (Å²) < 4.78 is 1.69. The zero-order valence-electron chi connectivity index (χ0n) is 14.1. The van der Waals surface area contributed by atoms with Gasteiger partial charge in [-0.2, -0.15) is 0 Å². The SMILES string of the molecule is Cc1ccc(CNC(=O)c2nnn(-c3cccc(C)c3)c2C)cc1. The van der Waals surface area contributed by atoms with Gasteiger partial charge in [-0.25, -0.2) is 4.68 Å². The standard InChI is InChI=1S/C19H20N4O/c1-13-7-9-16(10-8-13)12-20-19(24)18-15(3)23(22-21-18)17-6-4-5-14(2)11-17/h4-11H,12H2,1-3H3,(H,20,24). The molecule has 0 aliphatic rings. The number of carbonyl (C=O) groups is 1. The van der Waals surface area contributed by atoms with E-state index in [0.29, 0.717) is 12.2 Å². The molecule has 5 heteroatoms. The van der Waals surface area contributed by atoms with E-state index in [9.17, 15) is 4.79 Å². The van der Waals surface area contributed by atoms with E-state index in [1.807, 2.05) is 69.3 Å². The van der Waals surface area contributed by atoms with Crippen LogP contribution in [0.4, 0.5) is 0 Å². The Morgan fingerprint density at radius 1 is 1.04 bits per heavy atom. The molecule has 1 heterocycles. The van der Waals surface area contributed by atoms with Crippen molar-refractivity contribution in [3.05, 3.63) is 76.6 Å². The van der Waals surface area contributed by atoms with E-state index < -0.39 is 0 Å². The van der Waals surface area contributed by atoms with Crippen LogP contribution >= 0.6 is 0 Å². The molecule has 0 spiro atoms. The minimum Gasteiger partial charge on any atom is -0.347 e. The van der Waals surface area contributed by atoms with Crippen molar-refractivity contribution in [2.45, 2.75) is 27.3 Å². The molecular weight excluding hydrogens is 300 g/mol. The monoisotopic (exact) mass is 320 g/mol. The van der Waals surface area contributed by atoms with E-state index in [1.165, 1.54) is 5.56 Å². The van der Waals surface area contributed by atoms with Gasteiger partial charge in [-0.05, 0) is 44.0 Å². The summed E-state index contributed by atoms with van der Waals surface area (Å²) in [4.78, 5) is 12.4. The Morgan fingerprint density at radius 2 is 1.79 bits per heavy atom. The van der Waals surface area contributed by atoms with Gasteiger partial charge in [0.25, 0.3) is 5.91 Å². The summed E-state index contributed by atoms with van der Waals surface area (Å²) in [7, 11) is 0. The number of hydrogen-bond donors (Lipinski definition) is 1. The molecule has 122 valence electrons. The maximum Gasteiger partial charge on any atom is 0.274 e. The van der Waals surface area contributed by atoms with E-state index in [2.05, 4.69) is 15.6 Å². The van der Waals surface area contributed by atoms with Crippen molar-refractivity contribution >= 4 is 5.91 Å². The highest BCUT2D eigenvalue weighted by atomic mass is 16.2. The van der Waals surface area contributed by atoms with Crippen LogP contribution in [0.2, 0.25) is 0 Å². The Bertz CT molecular complexity index is 865. The van der Waals surface area contributed by atoms with Crippen molar-refractivity contribution in [1.82, 2.24) is 20.3 Å². The Hall–Kier alpha value is -2.95. The molecule has 1 N–H and O–H groups in total. The van der Waals surface area contributed by atoms with E-state index in [4.69, 9.17) is 0 Å². The number of aryl methyl sites for hydroxylation is 2. The number of nitrogens with one attached hydrogen (secondary N) is 1. The summed E-state index contributed by atoms with van der Waals surface area (Å²) >= 11 is 0. The van der Waals surface area contributed by atoms with Crippen LogP contribution in [0.1, 0.15) is 32.9 Å². The first-order valence-corrected chi connectivity index (χ1v) is 7.87. The van der Waals surface area contributed by atoms with Gasteiger partial charge in [0, 0.05) is 6.54 Å². The van der Waals surface area contributed by atoms with Crippen LogP contribution in [0.15, 0.2) is 48.5 Å². The minimum absolute atomic E-state index is 0.216. The van der Waals surface area contributed by atoms with E-state index in [0.717, 1.165) is 22.5 Å². The molecular formula is C19H20N4O. The number of aromatic nitrogens is 3. The van der Waals surface area contributed by atoms with Gasteiger partial charge < -0.3 is 5.32 Å². The molecule has 0 bridgehead atoms. The zero-order chi connectivity index (χ0) is 17.1. The maximum absolute atomic E-state index is 12.4. The first kappa shape index (κ1) is 15.9. The lowest BCUT2D eigenvalue weighted by Gasteiger charge is -2.06. The molecule has 1 aromatic heterocycles. The van der Waals surface area contributed by atoms with Crippen LogP contribution < -0.4 is 5.32 Å². The summed E-state index contributed by atoms with van der Waals surface area (Å²) in [6.07, 6.45) is 0. The topological polar surface area (TPSA) is 59.8 Å². The third-order valence-electron chi connectivity index (χ3n) is 3.93. The fourth-order valence-corrected chi connectivity index (χ4v) is 2.52. The summed E-state index contributed by atoms with van der Waals surface area (Å²) in [5.74, 6) is -0.216. The van der Waals surface area contributed by atoms with Crippen LogP contribution in [0.5, 0.6) is 0 Å². The number of hydrogen-bond acceptors (Lipinski definition) is 3. The first-order valence-electron chi connectivity index (χ1n) is 7.87. The highest BCUT2D eigenvalue weighted by Gasteiger charge is 2.17. The summed E-state index contributed by atoms with van der Waals surface area (Å²) in [5.41, 5.74) is 5.36. The van der Waals surface area contributed by atoms with Crippen LogP contribution in [0.3, 0.4) is 0 Å². The van der Waals surface area contributed by atoms with Gasteiger partial charge in [0.1, 0.15) is 0 Å². The summed E-state index contributed by atoms with van der Waals surface area (Å²) in [6.45, 7) is 6.37. The second kappa shape index (κ2) is 6.66. The second-order valence-corrected chi connectivity index (χ2v) is 5.94.